The van der Waals surface area contributed by atoms with E-state index in [4.69, 9.17) is 22.3 Å². The Hall–Kier alpha value is -3.02. The molecule has 2 unspecified atom stereocenters. The summed E-state index contributed by atoms with van der Waals surface area (Å²) in [5.74, 6) is 3.92. The van der Waals surface area contributed by atoms with E-state index in [1.807, 2.05) is 18.4 Å². The van der Waals surface area contributed by atoms with Crippen LogP contribution in [-0.2, 0) is 0 Å². The van der Waals surface area contributed by atoms with Gasteiger partial charge in [0.05, 0.1) is 27.1 Å². The number of anilines is 4. The molecule has 2 bridgehead atoms. The minimum atomic E-state index is 0.234. The summed E-state index contributed by atoms with van der Waals surface area (Å²) < 4.78 is 2.44. The van der Waals surface area contributed by atoms with E-state index in [-0.39, 0.29) is 5.95 Å². The van der Waals surface area contributed by atoms with Crippen LogP contribution in [-0.4, -0.2) is 66.8 Å². The number of fused-ring (bicyclic) bond motifs is 3. The van der Waals surface area contributed by atoms with Gasteiger partial charge in [0.2, 0.25) is 11.9 Å². The van der Waals surface area contributed by atoms with Crippen molar-refractivity contribution in [3.8, 4) is 5.82 Å². The van der Waals surface area contributed by atoms with Crippen molar-refractivity contribution >= 4 is 56.6 Å². The molecule has 1 saturated heterocycles. The van der Waals surface area contributed by atoms with Gasteiger partial charge in [-0.2, -0.15) is 9.67 Å². The molecule has 7 rings (SSSR count). The molecule has 3 atom stereocenters. The zero-order chi connectivity index (χ0) is 25.1. The highest BCUT2D eigenvalue weighted by Gasteiger charge is 2.42. The number of nitrogen functional groups attached to an aromatic ring is 1. The van der Waals surface area contributed by atoms with Crippen molar-refractivity contribution in [2.24, 2.45) is 11.8 Å². The molecule has 3 aliphatic rings. The van der Waals surface area contributed by atoms with E-state index in [1.165, 1.54) is 36.7 Å². The van der Waals surface area contributed by atoms with E-state index < -0.39 is 0 Å². The van der Waals surface area contributed by atoms with Gasteiger partial charge < -0.3 is 16.0 Å². The van der Waals surface area contributed by atoms with Crippen molar-refractivity contribution < 1.29 is 0 Å². The summed E-state index contributed by atoms with van der Waals surface area (Å²) in [7, 11) is 0. The van der Waals surface area contributed by atoms with Crippen LogP contribution in [0.25, 0.3) is 16.0 Å². The highest BCUT2D eigenvalue weighted by atomic mass is 35.5. The summed E-state index contributed by atoms with van der Waals surface area (Å²) in [6.45, 7) is 6.07. The Balaban J connectivity index is 1.04. The molecule has 3 N–H and O–H groups in total. The topological polar surface area (TPSA) is 114 Å². The molecule has 37 heavy (non-hydrogen) atoms. The Labute approximate surface area is 223 Å². The largest absolute Gasteiger partial charge is 0.368 e. The lowest BCUT2D eigenvalue weighted by molar-refractivity contribution is 0.134. The summed E-state index contributed by atoms with van der Waals surface area (Å²) in [6, 6.07) is 2.66. The van der Waals surface area contributed by atoms with Gasteiger partial charge in [-0.25, -0.2) is 15.0 Å². The standard InChI is InChI=1S/C25H29ClN10S/c1-14-12-37-21-20(14)29-13-30-23(21)36-24(27)32-25(33-36)31-17-10-18(26)22(28-11-17)35-6-4-34(5-7-35)19-9-15-2-3-16(19)8-15/h10-13,15-16,19H,2-9H2,1H3,(H3,27,31,32,33)/t15?,16?,19-/m0/s1. The Morgan fingerprint density at radius 3 is 2.70 bits per heavy atom. The number of rotatable bonds is 5. The van der Waals surface area contributed by atoms with Crippen molar-refractivity contribution in [3.63, 3.8) is 0 Å². The fourth-order valence-electron chi connectivity index (χ4n) is 6.43. The number of aromatic nitrogens is 6. The number of halogens is 1. The van der Waals surface area contributed by atoms with E-state index >= 15 is 0 Å². The molecular weight excluding hydrogens is 508 g/mol. The van der Waals surface area contributed by atoms with Crippen molar-refractivity contribution in [3.05, 3.63) is 34.6 Å². The number of nitrogens with two attached hydrogens (primary N) is 1. The maximum Gasteiger partial charge on any atom is 0.248 e. The van der Waals surface area contributed by atoms with Crippen molar-refractivity contribution in [1.29, 1.82) is 0 Å². The second-order valence-electron chi connectivity index (χ2n) is 10.4. The maximum absolute atomic E-state index is 6.70. The zero-order valence-corrected chi connectivity index (χ0v) is 22.2. The highest BCUT2D eigenvalue weighted by molar-refractivity contribution is 7.17. The third kappa shape index (κ3) is 4.09. The number of hydrogen-bond donors (Lipinski definition) is 2. The first-order valence-corrected chi connectivity index (χ1v) is 14.1. The summed E-state index contributed by atoms with van der Waals surface area (Å²) in [6.07, 6.45) is 9.00. The van der Waals surface area contributed by atoms with Gasteiger partial charge in [-0.1, -0.05) is 18.0 Å². The minimum absolute atomic E-state index is 0.234. The van der Waals surface area contributed by atoms with Crippen LogP contribution in [0.5, 0.6) is 0 Å². The van der Waals surface area contributed by atoms with Gasteiger partial charge in [-0.05, 0) is 55.0 Å². The average molecular weight is 537 g/mol. The van der Waals surface area contributed by atoms with E-state index in [2.05, 4.69) is 35.2 Å². The summed E-state index contributed by atoms with van der Waals surface area (Å²) >= 11 is 8.26. The smallest absolute Gasteiger partial charge is 0.248 e. The lowest BCUT2D eigenvalue weighted by Crippen LogP contribution is -2.52. The molecule has 4 aromatic rings. The first kappa shape index (κ1) is 23.1. The monoisotopic (exact) mass is 536 g/mol. The maximum atomic E-state index is 6.70. The quantitative estimate of drug-likeness (QED) is 0.386. The number of hydrogen-bond acceptors (Lipinski definition) is 10. The number of pyridine rings is 1. The normalized spacial score (nSPS) is 23.8. The molecule has 3 fully saturated rings. The molecular formula is C25H29ClN10S. The molecule has 0 radical (unpaired) electrons. The van der Waals surface area contributed by atoms with Gasteiger partial charge in [0.15, 0.2) is 5.82 Å². The third-order valence-corrected chi connectivity index (χ3v) is 9.57. The summed E-state index contributed by atoms with van der Waals surface area (Å²) in [4.78, 5) is 22.8. The zero-order valence-electron chi connectivity index (χ0n) is 20.6. The molecule has 0 amide bonds. The molecule has 12 heteroatoms. The minimum Gasteiger partial charge on any atom is -0.368 e. The van der Waals surface area contributed by atoms with E-state index in [1.54, 1.807) is 17.5 Å². The molecule has 192 valence electrons. The second-order valence-corrected chi connectivity index (χ2v) is 11.7. The molecule has 10 nitrogen and oxygen atoms in total. The van der Waals surface area contributed by atoms with E-state index in [0.29, 0.717) is 22.5 Å². The van der Waals surface area contributed by atoms with Crippen LogP contribution in [0, 0.1) is 18.8 Å². The van der Waals surface area contributed by atoms with Crippen LogP contribution in [0.3, 0.4) is 0 Å². The van der Waals surface area contributed by atoms with E-state index in [0.717, 1.165) is 65.7 Å². The van der Waals surface area contributed by atoms with E-state index in [9.17, 15) is 0 Å². The molecule has 0 spiro atoms. The predicted octanol–water partition coefficient (Wildman–Crippen LogP) is 4.27. The Kier molecular flexibility index (Phi) is 5.67. The highest BCUT2D eigenvalue weighted by Crippen LogP contribution is 2.47. The lowest BCUT2D eigenvalue weighted by Gasteiger charge is -2.41. The number of nitrogens with one attached hydrogen (secondary N) is 1. The van der Waals surface area contributed by atoms with Gasteiger partial charge in [0.25, 0.3) is 0 Å². The fourth-order valence-corrected chi connectivity index (χ4v) is 7.69. The molecule has 5 heterocycles. The van der Waals surface area contributed by atoms with Crippen molar-refractivity contribution in [1.82, 2.24) is 34.6 Å². The van der Waals surface area contributed by atoms with Gasteiger partial charge in [-0.3, -0.25) is 4.90 Å². The van der Waals surface area contributed by atoms with Crippen molar-refractivity contribution in [2.75, 3.05) is 42.1 Å². The average Bonchev–Trinajstić information content (AvgIpc) is 3.69. The van der Waals surface area contributed by atoms with Gasteiger partial charge in [0, 0.05) is 32.2 Å². The van der Waals surface area contributed by atoms with Crippen LogP contribution in [0.4, 0.5) is 23.4 Å². The molecule has 0 aromatic carbocycles. The number of piperazine rings is 1. The van der Waals surface area contributed by atoms with Crippen LogP contribution in [0.15, 0.2) is 24.0 Å². The number of nitrogens with zero attached hydrogens (tertiary/aromatic N) is 8. The molecule has 4 aromatic heterocycles. The third-order valence-electron chi connectivity index (χ3n) is 8.21. The number of thiophene rings is 1. The SMILES string of the molecule is Cc1csc2c(-n3nc(Nc4cnc(N5CCN([C@H]6CC7CCC6C7)CC5)c(Cl)c4)nc3N)ncnc12. The Morgan fingerprint density at radius 1 is 1.08 bits per heavy atom. The fraction of sp³-hybridized carbons (Fsp3) is 0.480. The van der Waals surface area contributed by atoms with Gasteiger partial charge >= 0.3 is 0 Å². The van der Waals surface area contributed by atoms with Gasteiger partial charge in [0.1, 0.15) is 12.1 Å². The molecule has 2 saturated carbocycles. The predicted molar refractivity (Wildman–Crippen MR) is 147 cm³/mol. The second kappa shape index (κ2) is 9.07. The van der Waals surface area contributed by atoms with Crippen LogP contribution < -0.4 is 16.0 Å². The van der Waals surface area contributed by atoms with Crippen LogP contribution in [0.2, 0.25) is 5.02 Å². The van der Waals surface area contributed by atoms with Gasteiger partial charge in [-0.15, -0.1) is 16.4 Å². The summed E-state index contributed by atoms with van der Waals surface area (Å²) in [5, 5.41) is 10.4. The number of aryl methyl sites for hydroxylation is 1. The van der Waals surface area contributed by atoms with Crippen molar-refractivity contribution in [2.45, 2.75) is 38.6 Å². The van der Waals surface area contributed by atoms with Crippen LogP contribution in [0.1, 0.15) is 31.2 Å². The first-order valence-electron chi connectivity index (χ1n) is 12.9. The van der Waals surface area contributed by atoms with Crippen LogP contribution >= 0.6 is 22.9 Å². The first-order chi connectivity index (χ1) is 18.0. The Bertz CT molecular complexity index is 1460. The summed E-state index contributed by atoms with van der Waals surface area (Å²) in [5.41, 5.74) is 8.88. The molecule has 2 aliphatic carbocycles. The Morgan fingerprint density at radius 2 is 1.95 bits per heavy atom. The lowest BCUT2D eigenvalue weighted by atomic mass is 9.93. The molecule has 1 aliphatic heterocycles.